The largest absolute Gasteiger partial charge is 0.478 e. The first-order chi connectivity index (χ1) is 20.3. The Labute approximate surface area is 242 Å². The summed E-state index contributed by atoms with van der Waals surface area (Å²) >= 11 is 1.24. The third kappa shape index (κ3) is 5.15. The molecule has 42 heavy (non-hydrogen) atoms. The van der Waals surface area contributed by atoms with Crippen LogP contribution >= 0.6 is 11.3 Å². The summed E-state index contributed by atoms with van der Waals surface area (Å²) in [7, 11) is 0. The maximum Gasteiger partial charge on any atom is 0.335 e. The second kappa shape index (κ2) is 11.0. The van der Waals surface area contributed by atoms with Crippen molar-refractivity contribution < 1.29 is 28.3 Å². The molecule has 0 radical (unpaired) electrons. The Bertz CT molecular complexity index is 2030. The molecule has 0 aliphatic rings. The van der Waals surface area contributed by atoms with E-state index in [2.05, 4.69) is 5.32 Å². The van der Waals surface area contributed by atoms with Crippen LogP contribution in [-0.4, -0.2) is 22.8 Å². The Hall–Kier alpha value is -5.21. The van der Waals surface area contributed by atoms with Gasteiger partial charge in [0.1, 0.15) is 11.6 Å². The first-order valence-electron chi connectivity index (χ1n) is 12.9. The van der Waals surface area contributed by atoms with Crippen LogP contribution in [0.15, 0.2) is 102 Å². The van der Waals surface area contributed by atoms with Gasteiger partial charge in [-0.3, -0.25) is 9.59 Å². The predicted molar refractivity (Wildman–Crippen MR) is 159 cm³/mol. The Balaban J connectivity index is 1.43. The number of aromatic carboxylic acids is 1. The molecule has 1 aromatic heterocycles. The summed E-state index contributed by atoms with van der Waals surface area (Å²) in [4.78, 5) is 38.6. The molecule has 206 valence electrons. The number of nitrogens with one attached hydrogen (secondary N) is 1. The molecule has 0 aliphatic carbocycles. The van der Waals surface area contributed by atoms with Crippen LogP contribution in [0.5, 0.6) is 0 Å². The number of halogens is 2. The van der Waals surface area contributed by atoms with E-state index in [4.69, 9.17) is 5.11 Å². The molecular formula is C34H21F2NO4S. The number of benzene rings is 5. The van der Waals surface area contributed by atoms with Crippen molar-refractivity contribution in [2.75, 3.05) is 0 Å². The molecule has 5 aromatic carbocycles. The zero-order valence-corrected chi connectivity index (χ0v) is 22.7. The van der Waals surface area contributed by atoms with Gasteiger partial charge in [-0.2, -0.15) is 0 Å². The normalized spacial score (nSPS) is 11.1. The molecule has 1 amide bonds. The molecule has 0 atom stereocenters. The molecule has 6 rings (SSSR count). The fourth-order valence-electron chi connectivity index (χ4n) is 4.92. The highest BCUT2D eigenvalue weighted by molar-refractivity contribution is 7.17. The number of carboxylic acid groups (broad SMARTS) is 1. The van der Waals surface area contributed by atoms with Gasteiger partial charge in [-0.25, -0.2) is 13.6 Å². The van der Waals surface area contributed by atoms with Gasteiger partial charge < -0.3 is 10.4 Å². The SMILES string of the molecule is O=C(O)c1ccc(CNC(=O)c2cc(-c3cc(F)ccc3F)cc3scc(C(=O)c4ccc5ccccc5c4)c23)cc1. The van der Waals surface area contributed by atoms with Crippen LogP contribution in [0.4, 0.5) is 8.78 Å². The minimum Gasteiger partial charge on any atom is -0.478 e. The van der Waals surface area contributed by atoms with E-state index in [9.17, 15) is 23.2 Å². The van der Waals surface area contributed by atoms with Crippen molar-refractivity contribution in [2.24, 2.45) is 0 Å². The number of amides is 1. The van der Waals surface area contributed by atoms with E-state index in [1.807, 2.05) is 30.3 Å². The van der Waals surface area contributed by atoms with Crippen molar-refractivity contribution in [1.82, 2.24) is 5.32 Å². The molecule has 0 bridgehead atoms. The lowest BCUT2D eigenvalue weighted by molar-refractivity contribution is 0.0696. The van der Waals surface area contributed by atoms with Gasteiger partial charge in [-0.05, 0) is 70.4 Å². The number of hydrogen-bond donors (Lipinski definition) is 2. The summed E-state index contributed by atoms with van der Waals surface area (Å²) in [5.74, 6) is -3.12. The summed E-state index contributed by atoms with van der Waals surface area (Å²) in [5.41, 5.74) is 1.99. The molecule has 0 saturated carbocycles. The highest BCUT2D eigenvalue weighted by atomic mass is 32.1. The average Bonchev–Trinajstić information content (AvgIpc) is 3.44. The van der Waals surface area contributed by atoms with Crippen molar-refractivity contribution in [3.8, 4) is 11.1 Å². The monoisotopic (exact) mass is 577 g/mol. The summed E-state index contributed by atoms with van der Waals surface area (Å²) < 4.78 is 29.4. The van der Waals surface area contributed by atoms with Crippen LogP contribution in [0, 0.1) is 11.6 Å². The van der Waals surface area contributed by atoms with Crippen molar-refractivity contribution >= 4 is 49.9 Å². The molecule has 6 aromatic rings. The standard InChI is InChI=1S/C34H21F2NO4S/c35-25-11-12-29(36)26(16-25)24-14-27(33(39)37-17-19-5-7-21(8-6-19)34(40)41)31-28(18-42-30(31)15-24)32(38)23-10-9-20-3-1-2-4-22(20)13-23/h1-16,18H,17H2,(H,37,39)(H,40,41). The lowest BCUT2D eigenvalue weighted by Gasteiger charge is -2.12. The Morgan fingerprint density at radius 3 is 2.26 bits per heavy atom. The number of ketones is 1. The summed E-state index contributed by atoms with van der Waals surface area (Å²) in [5, 5.41) is 15.9. The molecule has 5 nitrogen and oxygen atoms in total. The van der Waals surface area contributed by atoms with Crippen LogP contribution in [0.2, 0.25) is 0 Å². The molecule has 0 unspecified atom stereocenters. The maximum absolute atomic E-state index is 14.8. The van der Waals surface area contributed by atoms with E-state index >= 15 is 0 Å². The van der Waals surface area contributed by atoms with Gasteiger partial charge in [-0.15, -0.1) is 11.3 Å². The molecule has 8 heteroatoms. The van der Waals surface area contributed by atoms with Crippen LogP contribution < -0.4 is 5.32 Å². The Morgan fingerprint density at radius 2 is 1.50 bits per heavy atom. The number of carboxylic acids is 1. The van der Waals surface area contributed by atoms with Crippen LogP contribution in [0.3, 0.4) is 0 Å². The van der Waals surface area contributed by atoms with E-state index in [1.165, 1.54) is 29.5 Å². The quantitative estimate of drug-likeness (QED) is 0.189. The lowest BCUT2D eigenvalue weighted by atomic mass is 9.94. The van der Waals surface area contributed by atoms with E-state index in [0.29, 0.717) is 32.3 Å². The lowest BCUT2D eigenvalue weighted by Crippen LogP contribution is -2.23. The average molecular weight is 578 g/mol. The second-order valence-electron chi connectivity index (χ2n) is 9.75. The third-order valence-electron chi connectivity index (χ3n) is 7.07. The third-order valence-corrected chi connectivity index (χ3v) is 8.00. The van der Waals surface area contributed by atoms with Gasteiger partial charge in [0.2, 0.25) is 0 Å². The molecule has 1 heterocycles. The van der Waals surface area contributed by atoms with E-state index < -0.39 is 23.5 Å². The number of carbonyl (C=O) groups is 3. The minimum absolute atomic E-state index is 0.00832. The van der Waals surface area contributed by atoms with Crippen LogP contribution in [-0.2, 0) is 6.54 Å². The fourth-order valence-corrected chi connectivity index (χ4v) is 5.92. The van der Waals surface area contributed by atoms with Crippen molar-refractivity contribution in [1.29, 1.82) is 0 Å². The van der Waals surface area contributed by atoms with Crippen molar-refractivity contribution in [3.63, 3.8) is 0 Å². The number of carbonyl (C=O) groups excluding carboxylic acids is 2. The number of rotatable bonds is 7. The van der Waals surface area contributed by atoms with Crippen LogP contribution in [0.25, 0.3) is 32.0 Å². The van der Waals surface area contributed by atoms with Gasteiger partial charge in [0.25, 0.3) is 5.91 Å². The minimum atomic E-state index is -1.06. The topological polar surface area (TPSA) is 83.5 Å². The molecular weight excluding hydrogens is 556 g/mol. The van der Waals surface area contributed by atoms with Gasteiger partial charge in [-0.1, -0.05) is 48.5 Å². The number of fused-ring (bicyclic) bond motifs is 2. The maximum atomic E-state index is 14.8. The van der Waals surface area contributed by atoms with Crippen molar-refractivity contribution in [3.05, 3.63) is 142 Å². The van der Waals surface area contributed by atoms with Gasteiger partial charge in [0.05, 0.1) is 5.56 Å². The highest BCUT2D eigenvalue weighted by Crippen LogP contribution is 2.36. The van der Waals surface area contributed by atoms with Crippen LogP contribution in [0.1, 0.15) is 42.2 Å². The van der Waals surface area contributed by atoms with Gasteiger partial charge in [0, 0.05) is 44.3 Å². The zero-order chi connectivity index (χ0) is 29.4. The van der Waals surface area contributed by atoms with E-state index in [0.717, 1.165) is 29.0 Å². The number of thiophene rings is 1. The molecule has 2 N–H and O–H groups in total. The Morgan fingerprint density at radius 1 is 0.762 bits per heavy atom. The molecule has 0 spiro atoms. The first-order valence-corrected chi connectivity index (χ1v) is 13.8. The van der Waals surface area contributed by atoms with E-state index in [-0.39, 0.29) is 29.0 Å². The summed E-state index contributed by atoms with van der Waals surface area (Å²) in [6.45, 7) is 0.0802. The zero-order valence-electron chi connectivity index (χ0n) is 21.9. The second-order valence-corrected chi connectivity index (χ2v) is 10.7. The highest BCUT2D eigenvalue weighted by Gasteiger charge is 2.23. The first kappa shape index (κ1) is 27.0. The smallest absolute Gasteiger partial charge is 0.335 e. The Kier molecular flexibility index (Phi) is 7.06. The molecule has 0 fully saturated rings. The fraction of sp³-hybridized carbons (Fsp3) is 0.0294. The van der Waals surface area contributed by atoms with E-state index in [1.54, 1.807) is 35.7 Å². The molecule has 0 aliphatic heterocycles. The van der Waals surface area contributed by atoms with Crippen molar-refractivity contribution in [2.45, 2.75) is 6.54 Å². The van der Waals surface area contributed by atoms with Gasteiger partial charge >= 0.3 is 5.97 Å². The predicted octanol–water partition coefficient (Wildman–Crippen LogP) is 7.86. The molecule has 0 saturated heterocycles. The summed E-state index contributed by atoms with van der Waals surface area (Å²) in [6, 6.07) is 25.4. The van der Waals surface area contributed by atoms with Gasteiger partial charge in [0.15, 0.2) is 5.78 Å². The number of hydrogen-bond acceptors (Lipinski definition) is 4. The summed E-state index contributed by atoms with van der Waals surface area (Å²) in [6.07, 6.45) is 0.